The first-order valence-corrected chi connectivity index (χ1v) is 5.13. The average Bonchev–Trinajstić information content (AvgIpc) is 2.51. The van der Waals surface area contributed by atoms with Crippen LogP contribution >= 0.6 is 11.6 Å². The van der Waals surface area contributed by atoms with Crippen molar-refractivity contribution >= 4 is 34.2 Å². The van der Waals surface area contributed by atoms with Gasteiger partial charge in [0.25, 0.3) is 0 Å². The van der Waals surface area contributed by atoms with Gasteiger partial charge in [-0.2, -0.15) is 0 Å². The highest BCUT2D eigenvalue weighted by molar-refractivity contribution is 6.38. The van der Waals surface area contributed by atoms with Gasteiger partial charge in [0.1, 0.15) is 5.69 Å². The zero-order valence-electron chi connectivity index (χ0n) is 8.91. The quantitative estimate of drug-likeness (QED) is 0.846. The summed E-state index contributed by atoms with van der Waals surface area (Å²) >= 11 is 6.06. The average molecular weight is 239 g/mol. The SMILES string of the molecule is CNc1ccc2c(c1)c(Cl)c(C(=O)O)n2C. The summed E-state index contributed by atoms with van der Waals surface area (Å²) in [7, 11) is 3.49. The maximum atomic E-state index is 11.0. The summed E-state index contributed by atoms with van der Waals surface area (Å²) in [5.74, 6) is -1.02. The second kappa shape index (κ2) is 3.72. The number of carboxylic acids is 1. The minimum absolute atomic E-state index is 0.116. The third kappa shape index (κ3) is 1.42. The molecule has 1 aromatic carbocycles. The van der Waals surface area contributed by atoms with Crippen LogP contribution in [0.2, 0.25) is 5.02 Å². The molecule has 2 aromatic rings. The first kappa shape index (κ1) is 10.8. The number of nitrogens with one attached hydrogen (secondary N) is 1. The van der Waals surface area contributed by atoms with Crippen LogP contribution in [0.4, 0.5) is 5.69 Å². The van der Waals surface area contributed by atoms with Crippen molar-refractivity contribution in [2.75, 3.05) is 12.4 Å². The van der Waals surface area contributed by atoms with Gasteiger partial charge in [0, 0.05) is 25.2 Å². The Morgan fingerprint density at radius 2 is 2.19 bits per heavy atom. The number of aryl methyl sites for hydroxylation is 1. The maximum Gasteiger partial charge on any atom is 0.354 e. The third-order valence-corrected chi connectivity index (χ3v) is 3.01. The Hall–Kier alpha value is -1.68. The van der Waals surface area contributed by atoms with Gasteiger partial charge >= 0.3 is 5.97 Å². The van der Waals surface area contributed by atoms with Gasteiger partial charge in [0.05, 0.1) is 10.5 Å². The number of anilines is 1. The standard InChI is InChI=1S/C11H11ClN2O2/c1-13-6-3-4-8-7(5-6)9(12)10(11(15)16)14(8)2/h3-5,13H,1-2H3,(H,15,16). The van der Waals surface area contributed by atoms with Crippen LogP contribution < -0.4 is 5.32 Å². The molecule has 0 fully saturated rings. The largest absolute Gasteiger partial charge is 0.477 e. The number of halogens is 1. The molecule has 16 heavy (non-hydrogen) atoms. The van der Waals surface area contributed by atoms with Crippen molar-refractivity contribution in [1.29, 1.82) is 0 Å². The molecule has 2 rings (SSSR count). The number of hydrogen-bond acceptors (Lipinski definition) is 2. The molecule has 0 spiro atoms. The molecular formula is C11H11ClN2O2. The number of carboxylic acid groups (broad SMARTS) is 1. The monoisotopic (exact) mass is 238 g/mol. The van der Waals surface area contributed by atoms with Crippen LogP contribution in [0.5, 0.6) is 0 Å². The molecule has 0 aliphatic heterocycles. The second-order valence-electron chi connectivity index (χ2n) is 3.51. The lowest BCUT2D eigenvalue weighted by atomic mass is 10.2. The highest BCUT2D eigenvalue weighted by atomic mass is 35.5. The van der Waals surface area contributed by atoms with Crippen LogP contribution in [0.3, 0.4) is 0 Å². The van der Waals surface area contributed by atoms with Gasteiger partial charge < -0.3 is 15.0 Å². The Morgan fingerprint density at radius 1 is 1.50 bits per heavy atom. The first-order valence-electron chi connectivity index (χ1n) is 4.75. The number of aromatic carboxylic acids is 1. The van der Waals surface area contributed by atoms with Gasteiger partial charge in [-0.15, -0.1) is 0 Å². The predicted molar refractivity (Wildman–Crippen MR) is 64.4 cm³/mol. The van der Waals surface area contributed by atoms with E-state index in [4.69, 9.17) is 16.7 Å². The molecule has 0 unspecified atom stereocenters. The van der Waals surface area contributed by atoms with E-state index in [0.29, 0.717) is 0 Å². The summed E-state index contributed by atoms with van der Waals surface area (Å²) in [6.07, 6.45) is 0. The lowest BCUT2D eigenvalue weighted by Crippen LogP contribution is -2.04. The third-order valence-electron chi connectivity index (χ3n) is 2.63. The molecule has 84 valence electrons. The van der Waals surface area contributed by atoms with E-state index < -0.39 is 5.97 Å². The van der Waals surface area contributed by atoms with Crippen molar-refractivity contribution in [3.63, 3.8) is 0 Å². The van der Waals surface area contributed by atoms with E-state index in [9.17, 15) is 4.79 Å². The Bertz CT molecular complexity index is 575. The fraction of sp³-hybridized carbons (Fsp3) is 0.182. The van der Waals surface area contributed by atoms with Crippen molar-refractivity contribution in [2.24, 2.45) is 7.05 Å². The zero-order valence-corrected chi connectivity index (χ0v) is 9.67. The molecule has 0 atom stereocenters. The predicted octanol–water partition coefficient (Wildman–Crippen LogP) is 2.57. The smallest absolute Gasteiger partial charge is 0.354 e. The zero-order chi connectivity index (χ0) is 11.9. The van der Waals surface area contributed by atoms with Crippen LogP contribution in [-0.2, 0) is 7.05 Å². The molecule has 0 aliphatic carbocycles. The van der Waals surface area contributed by atoms with Crippen molar-refractivity contribution < 1.29 is 9.90 Å². The number of rotatable bonds is 2. The summed E-state index contributed by atoms with van der Waals surface area (Å²) in [6, 6.07) is 5.56. The van der Waals surface area contributed by atoms with Crippen molar-refractivity contribution in [3.05, 3.63) is 28.9 Å². The highest BCUT2D eigenvalue weighted by Gasteiger charge is 2.18. The maximum absolute atomic E-state index is 11.0. The van der Waals surface area contributed by atoms with Gasteiger partial charge in [-0.1, -0.05) is 11.6 Å². The van der Waals surface area contributed by atoms with Gasteiger partial charge in [-0.05, 0) is 18.2 Å². The van der Waals surface area contributed by atoms with Crippen LogP contribution in [0.15, 0.2) is 18.2 Å². The topological polar surface area (TPSA) is 54.3 Å². The molecule has 0 aliphatic rings. The summed E-state index contributed by atoms with van der Waals surface area (Å²) in [5.41, 5.74) is 1.82. The molecule has 4 nitrogen and oxygen atoms in total. The molecule has 0 saturated carbocycles. The summed E-state index contributed by atoms with van der Waals surface area (Å²) in [4.78, 5) is 11.0. The van der Waals surface area contributed by atoms with E-state index >= 15 is 0 Å². The number of hydrogen-bond donors (Lipinski definition) is 2. The molecule has 0 amide bonds. The Balaban J connectivity index is 2.83. The summed E-state index contributed by atoms with van der Waals surface area (Å²) in [5, 5.41) is 13.1. The molecule has 1 heterocycles. The second-order valence-corrected chi connectivity index (χ2v) is 3.89. The number of benzene rings is 1. The Labute approximate surface area is 97.4 Å². The molecule has 5 heteroatoms. The number of fused-ring (bicyclic) bond motifs is 1. The van der Waals surface area contributed by atoms with Crippen LogP contribution in [-0.4, -0.2) is 22.7 Å². The molecule has 1 aromatic heterocycles. The summed E-state index contributed by atoms with van der Waals surface area (Å²) < 4.78 is 1.58. The van der Waals surface area contributed by atoms with Gasteiger partial charge in [-0.25, -0.2) is 4.79 Å². The van der Waals surface area contributed by atoms with E-state index in [-0.39, 0.29) is 10.7 Å². The van der Waals surface area contributed by atoms with E-state index in [2.05, 4.69) is 5.32 Å². The normalized spacial score (nSPS) is 10.7. The number of aromatic nitrogens is 1. The van der Waals surface area contributed by atoms with E-state index in [1.807, 2.05) is 18.2 Å². The van der Waals surface area contributed by atoms with Gasteiger partial charge in [0.15, 0.2) is 0 Å². The van der Waals surface area contributed by atoms with E-state index in [1.165, 1.54) is 0 Å². The Morgan fingerprint density at radius 3 is 2.75 bits per heavy atom. The molecule has 0 saturated heterocycles. The fourth-order valence-electron chi connectivity index (χ4n) is 1.79. The number of carbonyl (C=O) groups is 1. The minimum atomic E-state index is -1.02. The van der Waals surface area contributed by atoms with Crippen molar-refractivity contribution in [3.8, 4) is 0 Å². The summed E-state index contributed by atoms with van der Waals surface area (Å²) in [6.45, 7) is 0. The number of nitrogens with zero attached hydrogens (tertiary/aromatic N) is 1. The molecule has 2 N–H and O–H groups in total. The van der Waals surface area contributed by atoms with Crippen molar-refractivity contribution in [1.82, 2.24) is 4.57 Å². The molecule has 0 radical (unpaired) electrons. The van der Waals surface area contributed by atoms with Crippen LogP contribution in [0.25, 0.3) is 10.9 Å². The highest BCUT2D eigenvalue weighted by Crippen LogP contribution is 2.31. The minimum Gasteiger partial charge on any atom is -0.477 e. The fourth-order valence-corrected chi connectivity index (χ4v) is 2.15. The lowest BCUT2D eigenvalue weighted by Gasteiger charge is -2.01. The lowest BCUT2D eigenvalue weighted by molar-refractivity contribution is 0.0687. The van der Waals surface area contributed by atoms with E-state index in [1.54, 1.807) is 18.7 Å². The van der Waals surface area contributed by atoms with Crippen LogP contribution in [0, 0.1) is 0 Å². The van der Waals surface area contributed by atoms with Crippen LogP contribution in [0.1, 0.15) is 10.5 Å². The molecule has 0 bridgehead atoms. The molecular weight excluding hydrogens is 228 g/mol. The van der Waals surface area contributed by atoms with E-state index in [0.717, 1.165) is 16.6 Å². The van der Waals surface area contributed by atoms with Gasteiger partial charge in [0.2, 0.25) is 0 Å². The van der Waals surface area contributed by atoms with Gasteiger partial charge in [-0.3, -0.25) is 0 Å². The Kier molecular flexibility index (Phi) is 2.52. The van der Waals surface area contributed by atoms with Crippen molar-refractivity contribution in [2.45, 2.75) is 0 Å². The first-order chi connectivity index (χ1) is 7.56.